The molecule has 2 N–H and O–H groups in total. The van der Waals surface area contributed by atoms with Crippen LogP contribution in [0, 0.1) is 5.41 Å². The standard InChI is InChI=1S/C25H21BrN4O3S2/c1-33-18-10-8-17(9-11-18)29-23(31)14-22(24(29)32)35-25(27)30-20(15-4-6-16(26)7-5-15)13-19(28-30)21-3-2-12-34-21/h2-13,20,22,27-28H,14H2,1H3. The molecule has 2 atom stereocenters. The Morgan fingerprint density at radius 2 is 1.89 bits per heavy atom. The molecular weight excluding hydrogens is 548 g/mol. The van der Waals surface area contributed by atoms with Crippen molar-refractivity contribution in [3.05, 3.63) is 87.0 Å². The van der Waals surface area contributed by atoms with Crippen LogP contribution in [0.4, 0.5) is 5.69 Å². The second-order valence-corrected chi connectivity index (χ2v) is 11.0. The van der Waals surface area contributed by atoms with E-state index in [0.29, 0.717) is 11.4 Å². The number of hydrogen-bond donors (Lipinski definition) is 2. The van der Waals surface area contributed by atoms with Crippen LogP contribution in [0.3, 0.4) is 0 Å². The third-order valence-corrected chi connectivity index (χ3v) is 8.25. The number of hydrogen-bond acceptors (Lipinski definition) is 7. The zero-order chi connectivity index (χ0) is 24.5. The van der Waals surface area contributed by atoms with Gasteiger partial charge in [0.1, 0.15) is 11.0 Å². The van der Waals surface area contributed by atoms with Crippen molar-refractivity contribution < 1.29 is 14.3 Å². The van der Waals surface area contributed by atoms with Gasteiger partial charge in [0.05, 0.1) is 29.4 Å². The van der Waals surface area contributed by atoms with Crippen LogP contribution in [0.25, 0.3) is 5.70 Å². The summed E-state index contributed by atoms with van der Waals surface area (Å²) in [6.45, 7) is 0. The van der Waals surface area contributed by atoms with Gasteiger partial charge in [0.25, 0.3) is 0 Å². The minimum absolute atomic E-state index is 0.0416. The highest BCUT2D eigenvalue weighted by atomic mass is 79.9. The van der Waals surface area contributed by atoms with Gasteiger partial charge < -0.3 is 4.74 Å². The fraction of sp³-hybridized carbons (Fsp3) is 0.160. The molecule has 0 aliphatic carbocycles. The lowest BCUT2D eigenvalue weighted by atomic mass is 10.1. The number of ether oxygens (including phenoxy) is 1. The molecule has 3 aromatic rings. The average molecular weight is 570 g/mol. The maximum Gasteiger partial charge on any atom is 0.247 e. The van der Waals surface area contributed by atoms with Crippen molar-refractivity contribution in [3.63, 3.8) is 0 Å². The predicted molar refractivity (Wildman–Crippen MR) is 143 cm³/mol. The Labute approximate surface area is 219 Å². The summed E-state index contributed by atoms with van der Waals surface area (Å²) in [4.78, 5) is 28.1. The van der Waals surface area contributed by atoms with Gasteiger partial charge in [-0.2, -0.15) is 0 Å². The van der Waals surface area contributed by atoms with Gasteiger partial charge in [0, 0.05) is 10.9 Å². The fourth-order valence-corrected chi connectivity index (χ4v) is 5.95. The number of methoxy groups -OCH3 is 1. The van der Waals surface area contributed by atoms with Crippen molar-refractivity contribution >= 4 is 67.4 Å². The summed E-state index contributed by atoms with van der Waals surface area (Å²) in [6, 6.07) is 18.5. The molecule has 0 saturated carbocycles. The van der Waals surface area contributed by atoms with Crippen molar-refractivity contribution in [2.24, 2.45) is 0 Å². The summed E-state index contributed by atoms with van der Waals surface area (Å²) in [7, 11) is 1.56. The molecule has 3 heterocycles. The maximum absolute atomic E-state index is 13.2. The number of thioether (sulfide) groups is 1. The number of imide groups is 1. The molecule has 10 heteroatoms. The van der Waals surface area contributed by atoms with E-state index in [9.17, 15) is 9.59 Å². The summed E-state index contributed by atoms with van der Waals surface area (Å²) in [5.41, 5.74) is 5.75. The molecule has 35 heavy (non-hydrogen) atoms. The molecule has 178 valence electrons. The minimum atomic E-state index is -0.671. The number of hydrazine groups is 1. The number of amidine groups is 1. The molecule has 2 amide bonds. The number of anilines is 1. The summed E-state index contributed by atoms with van der Waals surface area (Å²) in [6.07, 6.45) is 2.12. The van der Waals surface area contributed by atoms with E-state index in [1.807, 2.05) is 41.8 Å². The largest absolute Gasteiger partial charge is 0.497 e. The lowest BCUT2D eigenvalue weighted by Gasteiger charge is -2.28. The van der Waals surface area contributed by atoms with E-state index in [1.165, 1.54) is 4.90 Å². The van der Waals surface area contributed by atoms with Gasteiger partial charge >= 0.3 is 0 Å². The van der Waals surface area contributed by atoms with Gasteiger partial charge in [-0.15, -0.1) is 11.3 Å². The number of benzene rings is 2. The Hall–Kier alpha value is -3.08. The third kappa shape index (κ3) is 4.73. The number of halogens is 1. The lowest BCUT2D eigenvalue weighted by molar-refractivity contribution is -0.121. The first-order valence-corrected chi connectivity index (χ1v) is 13.3. The van der Waals surface area contributed by atoms with E-state index < -0.39 is 5.25 Å². The van der Waals surface area contributed by atoms with E-state index in [2.05, 4.69) is 27.4 Å². The normalized spacial score (nSPS) is 19.7. The van der Waals surface area contributed by atoms with Crippen molar-refractivity contribution in [2.75, 3.05) is 12.0 Å². The summed E-state index contributed by atoms with van der Waals surface area (Å²) in [5, 5.41) is 12.1. The minimum Gasteiger partial charge on any atom is -0.497 e. The Kier molecular flexibility index (Phi) is 6.68. The number of nitrogens with zero attached hydrogens (tertiary/aromatic N) is 2. The smallest absolute Gasteiger partial charge is 0.247 e. The molecule has 1 fully saturated rings. The lowest BCUT2D eigenvalue weighted by Crippen LogP contribution is -2.39. The fourth-order valence-electron chi connectivity index (χ4n) is 4.01. The van der Waals surface area contributed by atoms with Gasteiger partial charge in [0.15, 0.2) is 5.17 Å². The number of rotatable bonds is 5. The molecule has 2 aromatic carbocycles. The highest BCUT2D eigenvalue weighted by Crippen LogP contribution is 2.37. The molecule has 1 saturated heterocycles. The number of amides is 2. The first kappa shape index (κ1) is 23.7. The predicted octanol–water partition coefficient (Wildman–Crippen LogP) is 5.42. The zero-order valence-electron chi connectivity index (χ0n) is 18.6. The molecule has 2 unspecified atom stereocenters. The first-order chi connectivity index (χ1) is 16.9. The third-order valence-electron chi connectivity index (χ3n) is 5.75. The first-order valence-electron chi connectivity index (χ1n) is 10.8. The van der Waals surface area contributed by atoms with Crippen LogP contribution in [0.5, 0.6) is 5.75 Å². The Balaban J connectivity index is 1.35. The van der Waals surface area contributed by atoms with Crippen LogP contribution in [0.15, 0.2) is 76.6 Å². The molecule has 0 bridgehead atoms. The monoisotopic (exact) mass is 568 g/mol. The molecule has 0 spiro atoms. The highest BCUT2D eigenvalue weighted by molar-refractivity contribution is 9.10. The Bertz CT molecular complexity index is 1290. The number of thiophene rings is 1. The molecular formula is C25H21BrN4O3S2. The van der Waals surface area contributed by atoms with Crippen LogP contribution < -0.4 is 15.1 Å². The van der Waals surface area contributed by atoms with Crippen molar-refractivity contribution in [1.29, 1.82) is 5.41 Å². The summed E-state index contributed by atoms with van der Waals surface area (Å²) >= 11 is 6.18. The Morgan fingerprint density at radius 1 is 1.14 bits per heavy atom. The van der Waals surface area contributed by atoms with Gasteiger partial charge in [-0.05, 0) is 59.5 Å². The quantitative estimate of drug-likeness (QED) is 0.243. The van der Waals surface area contributed by atoms with E-state index >= 15 is 0 Å². The number of carbonyl (C=O) groups excluding carboxylic acids is 2. The Morgan fingerprint density at radius 3 is 2.54 bits per heavy atom. The number of carbonyl (C=O) groups is 2. The van der Waals surface area contributed by atoms with Crippen LogP contribution in [-0.2, 0) is 9.59 Å². The topological polar surface area (TPSA) is 85.7 Å². The second-order valence-electron chi connectivity index (χ2n) is 7.92. The second kappa shape index (κ2) is 9.88. The molecule has 0 radical (unpaired) electrons. The number of nitrogens with one attached hydrogen (secondary N) is 2. The van der Waals surface area contributed by atoms with Crippen molar-refractivity contribution in [3.8, 4) is 5.75 Å². The van der Waals surface area contributed by atoms with Gasteiger partial charge in [-0.1, -0.05) is 45.9 Å². The average Bonchev–Trinajstić information content (AvgIpc) is 3.60. The van der Waals surface area contributed by atoms with Gasteiger partial charge in [-0.3, -0.25) is 25.4 Å². The van der Waals surface area contributed by atoms with Gasteiger partial charge in [-0.25, -0.2) is 4.90 Å². The van der Waals surface area contributed by atoms with E-state index in [-0.39, 0.29) is 29.4 Å². The van der Waals surface area contributed by atoms with E-state index in [0.717, 1.165) is 32.4 Å². The molecule has 2 aliphatic heterocycles. The zero-order valence-corrected chi connectivity index (χ0v) is 21.8. The molecule has 1 aromatic heterocycles. The van der Waals surface area contributed by atoms with Crippen molar-refractivity contribution in [1.82, 2.24) is 10.4 Å². The highest BCUT2D eigenvalue weighted by Gasteiger charge is 2.42. The van der Waals surface area contributed by atoms with E-state index in [4.69, 9.17) is 10.1 Å². The maximum atomic E-state index is 13.2. The van der Waals surface area contributed by atoms with Crippen LogP contribution in [0.1, 0.15) is 22.9 Å². The molecule has 7 nitrogen and oxygen atoms in total. The van der Waals surface area contributed by atoms with Crippen LogP contribution in [0.2, 0.25) is 0 Å². The molecule has 5 rings (SSSR count). The van der Waals surface area contributed by atoms with Gasteiger partial charge in [0.2, 0.25) is 11.8 Å². The van der Waals surface area contributed by atoms with Crippen LogP contribution in [-0.4, -0.2) is 34.4 Å². The summed E-state index contributed by atoms with van der Waals surface area (Å²) in [5.74, 6) is 0.0520. The SMILES string of the molecule is COc1ccc(N2C(=O)CC(SC(=N)N3NC(c4cccs4)=CC3c3ccc(Br)cc3)C2=O)cc1. The van der Waals surface area contributed by atoms with E-state index in [1.54, 1.807) is 47.7 Å². The summed E-state index contributed by atoms with van der Waals surface area (Å²) < 4.78 is 6.14. The van der Waals surface area contributed by atoms with Crippen molar-refractivity contribution in [2.45, 2.75) is 17.7 Å². The van der Waals surface area contributed by atoms with Crippen LogP contribution >= 0.6 is 39.0 Å². The molecule has 2 aliphatic rings.